The monoisotopic (exact) mass is 295 g/mol. The van der Waals surface area contributed by atoms with Crippen molar-refractivity contribution in [3.05, 3.63) is 59.8 Å². The average molecular weight is 295 g/mol. The highest BCUT2D eigenvalue weighted by atomic mass is 32.2. The summed E-state index contributed by atoms with van der Waals surface area (Å²) in [6, 6.07) is 10.3. The first-order chi connectivity index (χ1) is 9.49. The minimum atomic E-state index is -2.96. The van der Waals surface area contributed by atoms with E-state index in [1.54, 1.807) is 18.2 Å². The molecule has 0 amide bonds. The third-order valence-corrected chi connectivity index (χ3v) is 3.62. The molecular weight excluding hydrogens is 284 g/mol. The van der Waals surface area contributed by atoms with E-state index in [0.29, 0.717) is 5.03 Å². The highest BCUT2D eigenvalue weighted by Gasteiger charge is 2.31. The van der Waals surface area contributed by atoms with E-state index in [4.69, 9.17) is 5.11 Å². The predicted molar refractivity (Wildman–Crippen MR) is 72.3 cm³/mol. The molecule has 0 saturated heterocycles. The van der Waals surface area contributed by atoms with Gasteiger partial charge in [-0.15, -0.1) is 0 Å². The summed E-state index contributed by atoms with van der Waals surface area (Å²) in [4.78, 5) is 14.5. The highest BCUT2D eigenvalue weighted by molar-refractivity contribution is 7.99. The van der Waals surface area contributed by atoms with Crippen molar-refractivity contribution in [2.45, 2.75) is 10.9 Å². The number of hydrogen-bond acceptors (Lipinski definition) is 3. The molecule has 0 aliphatic rings. The number of thioether (sulfide) groups is 1. The number of rotatable bonds is 5. The first-order valence-corrected chi connectivity index (χ1v) is 6.73. The van der Waals surface area contributed by atoms with E-state index >= 15 is 0 Å². The Morgan fingerprint density at radius 1 is 1.20 bits per heavy atom. The molecule has 104 valence electrons. The Morgan fingerprint density at radius 3 is 2.45 bits per heavy atom. The van der Waals surface area contributed by atoms with Crippen LogP contribution in [-0.2, 0) is 5.92 Å². The lowest BCUT2D eigenvalue weighted by Gasteiger charge is -2.15. The predicted octanol–water partition coefficient (Wildman–Crippen LogP) is 3.66. The third-order valence-electron chi connectivity index (χ3n) is 2.58. The Labute approximate surface area is 118 Å². The molecule has 1 aromatic carbocycles. The maximum absolute atomic E-state index is 13.9. The summed E-state index contributed by atoms with van der Waals surface area (Å²) in [7, 11) is 0. The summed E-state index contributed by atoms with van der Waals surface area (Å²) < 4.78 is 27.8. The van der Waals surface area contributed by atoms with Crippen LogP contribution >= 0.6 is 11.8 Å². The molecule has 0 radical (unpaired) electrons. The van der Waals surface area contributed by atoms with Gasteiger partial charge in [-0.2, -0.15) is 0 Å². The van der Waals surface area contributed by atoms with Crippen molar-refractivity contribution in [3.8, 4) is 0 Å². The number of alkyl halides is 2. The first kappa shape index (κ1) is 14.5. The fourth-order valence-electron chi connectivity index (χ4n) is 1.52. The average Bonchev–Trinajstić information content (AvgIpc) is 2.46. The van der Waals surface area contributed by atoms with Crippen molar-refractivity contribution in [3.63, 3.8) is 0 Å². The van der Waals surface area contributed by atoms with Crippen molar-refractivity contribution in [2.24, 2.45) is 0 Å². The van der Waals surface area contributed by atoms with Crippen LogP contribution in [0.3, 0.4) is 0 Å². The second-order valence-electron chi connectivity index (χ2n) is 4.05. The molecule has 0 unspecified atom stereocenters. The molecule has 1 aromatic heterocycles. The van der Waals surface area contributed by atoms with Gasteiger partial charge < -0.3 is 5.11 Å². The minimum absolute atomic E-state index is 0.0316. The van der Waals surface area contributed by atoms with Crippen LogP contribution in [0.1, 0.15) is 15.9 Å². The summed E-state index contributed by atoms with van der Waals surface area (Å²) in [6.07, 6.45) is 1.16. The number of hydrogen-bond donors (Lipinski definition) is 1. The molecule has 2 aromatic rings. The topological polar surface area (TPSA) is 50.2 Å². The Kier molecular flexibility index (Phi) is 4.34. The molecule has 0 aliphatic heterocycles. The van der Waals surface area contributed by atoms with Crippen LogP contribution in [0, 0.1) is 0 Å². The molecule has 1 heterocycles. The summed E-state index contributed by atoms with van der Waals surface area (Å²) in [5.74, 6) is -4.50. The number of pyridine rings is 1. The lowest BCUT2D eigenvalue weighted by molar-refractivity contribution is 0.0231. The number of aromatic nitrogens is 1. The summed E-state index contributed by atoms with van der Waals surface area (Å²) in [5, 5.41) is 9.08. The Hall–Kier alpha value is -1.95. The van der Waals surface area contributed by atoms with E-state index in [2.05, 4.69) is 4.98 Å². The molecule has 1 N–H and O–H groups in total. The van der Waals surface area contributed by atoms with Gasteiger partial charge in [0.1, 0.15) is 0 Å². The third kappa shape index (κ3) is 3.54. The molecule has 0 bridgehead atoms. The van der Waals surface area contributed by atoms with Crippen LogP contribution in [-0.4, -0.2) is 21.8 Å². The second-order valence-corrected chi connectivity index (χ2v) is 5.05. The Balaban J connectivity index is 2.03. The van der Waals surface area contributed by atoms with Gasteiger partial charge in [0.05, 0.1) is 16.3 Å². The van der Waals surface area contributed by atoms with Gasteiger partial charge in [-0.25, -0.2) is 18.6 Å². The molecule has 6 heteroatoms. The van der Waals surface area contributed by atoms with E-state index in [0.717, 1.165) is 18.0 Å². The zero-order valence-corrected chi connectivity index (χ0v) is 11.1. The second kappa shape index (κ2) is 6.00. The number of carboxylic acids is 1. The maximum Gasteiger partial charge on any atom is 0.337 e. The molecule has 0 atom stereocenters. The number of carboxylic acid groups (broad SMARTS) is 1. The molecule has 0 aliphatic carbocycles. The van der Waals surface area contributed by atoms with E-state index in [1.807, 2.05) is 0 Å². The maximum atomic E-state index is 13.9. The van der Waals surface area contributed by atoms with Crippen molar-refractivity contribution in [2.75, 3.05) is 5.75 Å². The zero-order valence-electron chi connectivity index (χ0n) is 10.3. The molecule has 0 saturated carbocycles. The van der Waals surface area contributed by atoms with Gasteiger partial charge in [-0.1, -0.05) is 42.1 Å². The van der Waals surface area contributed by atoms with Crippen molar-refractivity contribution in [1.82, 2.24) is 4.98 Å². The van der Waals surface area contributed by atoms with E-state index in [9.17, 15) is 13.6 Å². The molecular formula is C14H11F2NO2S. The number of nitrogens with zero attached hydrogens (tertiary/aromatic N) is 1. The van der Waals surface area contributed by atoms with Crippen LogP contribution in [0.25, 0.3) is 0 Å². The quantitative estimate of drug-likeness (QED) is 0.855. The van der Waals surface area contributed by atoms with Crippen LogP contribution in [0.5, 0.6) is 0 Å². The number of carbonyl (C=O) groups is 1. The van der Waals surface area contributed by atoms with Crippen LogP contribution in [0.2, 0.25) is 0 Å². The van der Waals surface area contributed by atoms with Gasteiger partial charge in [0, 0.05) is 11.8 Å². The van der Waals surface area contributed by atoms with E-state index in [1.165, 1.54) is 24.3 Å². The normalized spacial score (nSPS) is 11.3. The fourth-order valence-corrected chi connectivity index (χ4v) is 2.31. The molecule has 20 heavy (non-hydrogen) atoms. The fraction of sp³-hybridized carbons (Fsp3) is 0.143. The molecule has 0 spiro atoms. The van der Waals surface area contributed by atoms with Crippen LogP contribution in [0.15, 0.2) is 53.7 Å². The first-order valence-electron chi connectivity index (χ1n) is 5.74. The molecule has 3 nitrogen and oxygen atoms in total. The van der Waals surface area contributed by atoms with Gasteiger partial charge in [0.25, 0.3) is 5.92 Å². The zero-order chi connectivity index (χ0) is 14.6. The summed E-state index contributed by atoms with van der Waals surface area (Å²) in [6.45, 7) is 0. The van der Waals surface area contributed by atoms with Crippen molar-refractivity contribution in [1.29, 1.82) is 0 Å². The van der Waals surface area contributed by atoms with Gasteiger partial charge in [0.15, 0.2) is 0 Å². The number of benzene rings is 1. The van der Waals surface area contributed by atoms with E-state index < -0.39 is 17.6 Å². The minimum Gasteiger partial charge on any atom is -0.478 e. The Morgan fingerprint density at radius 2 is 1.90 bits per heavy atom. The van der Waals surface area contributed by atoms with Gasteiger partial charge in [-0.3, -0.25) is 0 Å². The summed E-state index contributed by atoms with van der Waals surface area (Å²) in [5.41, 5.74) is -0.0150. The van der Waals surface area contributed by atoms with Crippen molar-refractivity contribution >= 4 is 17.7 Å². The van der Waals surface area contributed by atoms with Crippen LogP contribution < -0.4 is 0 Å². The van der Waals surface area contributed by atoms with Gasteiger partial charge in [0.2, 0.25) is 0 Å². The lowest BCUT2D eigenvalue weighted by atomic mass is 10.1. The van der Waals surface area contributed by atoms with Gasteiger partial charge >= 0.3 is 5.97 Å². The lowest BCUT2D eigenvalue weighted by Crippen LogP contribution is -2.16. The number of halogens is 2. The summed E-state index contributed by atoms with van der Waals surface area (Å²) >= 11 is 0.889. The smallest absolute Gasteiger partial charge is 0.337 e. The Bertz CT molecular complexity index is 588. The number of aromatic carboxylic acids is 1. The standard InChI is InChI=1S/C14H11F2NO2S/c15-14(16,11-4-2-1-3-5-11)9-20-12-7-6-10(8-17-12)13(18)19/h1-8H,9H2,(H,18,19). The highest BCUT2D eigenvalue weighted by Crippen LogP contribution is 2.33. The largest absolute Gasteiger partial charge is 0.478 e. The van der Waals surface area contributed by atoms with E-state index in [-0.39, 0.29) is 11.1 Å². The van der Waals surface area contributed by atoms with Gasteiger partial charge in [-0.05, 0) is 12.1 Å². The molecule has 2 rings (SSSR count). The SMILES string of the molecule is O=C(O)c1ccc(SCC(F)(F)c2ccccc2)nc1. The van der Waals surface area contributed by atoms with Crippen molar-refractivity contribution < 1.29 is 18.7 Å². The molecule has 0 fully saturated rings. The van der Waals surface area contributed by atoms with Crippen LogP contribution in [0.4, 0.5) is 8.78 Å².